The fraction of sp³-hybridized carbons (Fsp3) is 0.846. The summed E-state index contributed by atoms with van der Waals surface area (Å²) >= 11 is 0. The molecule has 2 rings (SSSR count). The molecule has 1 atom stereocenters. The van der Waals surface area contributed by atoms with Gasteiger partial charge in [0.25, 0.3) is 0 Å². The highest BCUT2D eigenvalue weighted by Crippen LogP contribution is 2.10. The lowest BCUT2D eigenvalue weighted by atomic mass is 10.2. The molecule has 0 bridgehead atoms. The Kier molecular flexibility index (Phi) is 5.33. The highest BCUT2D eigenvalue weighted by Gasteiger charge is 2.32. The Balaban J connectivity index is 1.89. The minimum absolute atomic E-state index is 0.0777. The van der Waals surface area contributed by atoms with Gasteiger partial charge in [-0.25, -0.2) is 0 Å². The molecule has 0 saturated carbocycles. The average Bonchev–Trinajstić information content (AvgIpc) is 2.47. The quantitative estimate of drug-likeness (QED) is 0.597. The van der Waals surface area contributed by atoms with Crippen molar-refractivity contribution in [2.45, 2.75) is 6.04 Å². The van der Waals surface area contributed by atoms with E-state index < -0.39 is 6.04 Å². The van der Waals surface area contributed by atoms with Crippen LogP contribution in [-0.2, 0) is 19.1 Å². The predicted molar refractivity (Wildman–Crippen MR) is 72.3 cm³/mol. The summed E-state index contributed by atoms with van der Waals surface area (Å²) in [5, 5.41) is 0. The number of likely N-dealkylation sites (N-methyl/N-ethyl adjacent to an activating group) is 1. The molecule has 0 radical (unpaired) electrons. The van der Waals surface area contributed by atoms with Crippen molar-refractivity contribution in [1.82, 2.24) is 14.7 Å². The monoisotopic (exact) mass is 285 g/mol. The van der Waals surface area contributed by atoms with Crippen LogP contribution in [0.4, 0.5) is 0 Å². The molecule has 2 aliphatic rings. The number of carbonyl (C=O) groups excluding carboxylic acids is 2. The van der Waals surface area contributed by atoms with Crippen molar-refractivity contribution in [2.75, 3.05) is 66.6 Å². The first-order chi connectivity index (χ1) is 9.61. The average molecular weight is 285 g/mol. The van der Waals surface area contributed by atoms with Crippen molar-refractivity contribution < 1.29 is 19.1 Å². The van der Waals surface area contributed by atoms with Gasteiger partial charge in [-0.2, -0.15) is 0 Å². The fourth-order valence-electron chi connectivity index (χ4n) is 2.51. The molecule has 0 aromatic rings. The van der Waals surface area contributed by atoms with Crippen molar-refractivity contribution in [3.8, 4) is 0 Å². The molecule has 2 saturated heterocycles. The minimum atomic E-state index is -0.467. The van der Waals surface area contributed by atoms with Gasteiger partial charge in [0, 0.05) is 32.7 Å². The molecule has 0 spiro atoms. The van der Waals surface area contributed by atoms with Gasteiger partial charge in [0.1, 0.15) is 6.04 Å². The number of esters is 1. The zero-order chi connectivity index (χ0) is 14.5. The Bertz CT molecular complexity index is 356. The molecular formula is C13H23N3O4. The number of rotatable bonds is 3. The largest absolute Gasteiger partial charge is 0.468 e. The summed E-state index contributed by atoms with van der Waals surface area (Å²) in [5.41, 5.74) is 0. The molecule has 2 fully saturated rings. The van der Waals surface area contributed by atoms with Crippen LogP contribution in [0.15, 0.2) is 0 Å². The SMILES string of the molecule is COC(=O)C1COCCN1CC(=O)N1CCN(C)CC1. The molecule has 7 nitrogen and oxygen atoms in total. The van der Waals surface area contributed by atoms with Crippen LogP contribution in [0.1, 0.15) is 0 Å². The molecule has 1 amide bonds. The lowest BCUT2D eigenvalue weighted by Gasteiger charge is -2.37. The van der Waals surface area contributed by atoms with Crippen LogP contribution in [-0.4, -0.2) is 99.3 Å². The summed E-state index contributed by atoms with van der Waals surface area (Å²) in [6.07, 6.45) is 0. The van der Waals surface area contributed by atoms with Crippen LogP contribution in [0.2, 0.25) is 0 Å². The fourth-order valence-corrected chi connectivity index (χ4v) is 2.51. The van der Waals surface area contributed by atoms with E-state index in [0.29, 0.717) is 19.8 Å². The molecular weight excluding hydrogens is 262 g/mol. The number of morpholine rings is 1. The summed E-state index contributed by atoms with van der Waals surface area (Å²) in [7, 11) is 3.41. The van der Waals surface area contributed by atoms with E-state index in [-0.39, 0.29) is 18.4 Å². The third-order valence-corrected chi connectivity index (χ3v) is 3.91. The number of hydrogen-bond acceptors (Lipinski definition) is 6. The van der Waals surface area contributed by atoms with Crippen molar-refractivity contribution in [1.29, 1.82) is 0 Å². The number of amides is 1. The molecule has 0 aromatic carbocycles. The van der Waals surface area contributed by atoms with E-state index in [1.54, 1.807) is 0 Å². The van der Waals surface area contributed by atoms with Crippen LogP contribution in [0, 0.1) is 0 Å². The first kappa shape index (κ1) is 15.2. The third kappa shape index (κ3) is 3.68. The van der Waals surface area contributed by atoms with Gasteiger partial charge >= 0.3 is 5.97 Å². The van der Waals surface area contributed by atoms with Crippen LogP contribution in [0.25, 0.3) is 0 Å². The number of piperazine rings is 1. The standard InChI is InChI=1S/C13H23N3O4/c1-14-3-5-15(6-4-14)12(17)9-16-7-8-20-10-11(16)13(18)19-2/h11H,3-10H2,1-2H3. The zero-order valence-electron chi connectivity index (χ0n) is 12.2. The number of hydrogen-bond donors (Lipinski definition) is 0. The molecule has 0 aliphatic carbocycles. The van der Waals surface area contributed by atoms with Crippen molar-refractivity contribution in [3.05, 3.63) is 0 Å². The predicted octanol–water partition coefficient (Wildman–Crippen LogP) is -1.37. The van der Waals surface area contributed by atoms with Crippen molar-refractivity contribution in [3.63, 3.8) is 0 Å². The van der Waals surface area contributed by atoms with E-state index in [4.69, 9.17) is 9.47 Å². The maximum Gasteiger partial charge on any atom is 0.325 e. The number of nitrogens with zero attached hydrogens (tertiary/aromatic N) is 3. The Morgan fingerprint density at radius 2 is 1.90 bits per heavy atom. The Hall–Kier alpha value is -1.18. The van der Waals surface area contributed by atoms with Crippen molar-refractivity contribution >= 4 is 11.9 Å². The van der Waals surface area contributed by atoms with Gasteiger partial charge in [0.05, 0.1) is 26.9 Å². The van der Waals surface area contributed by atoms with Crippen LogP contribution < -0.4 is 0 Å². The van der Waals surface area contributed by atoms with E-state index >= 15 is 0 Å². The van der Waals surface area contributed by atoms with Crippen LogP contribution in [0.5, 0.6) is 0 Å². The topological polar surface area (TPSA) is 62.3 Å². The Morgan fingerprint density at radius 3 is 2.55 bits per heavy atom. The second-order valence-corrected chi connectivity index (χ2v) is 5.27. The van der Waals surface area contributed by atoms with Gasteiger partial charge < -0.3 is 19.3 Å². The second-order valence-electron chi connectivity index (χ2n) is 5.27. The maximum atomic E-state index is 12.3. The Morgan fingerprint density at radius 1 is 1.20 bits per heavy atom. The molecule has 2 heterocycles. The zero-order valence-corrected chi connectivity index (χ0v) is 12.2. The highest BCUT2D eigenvalue weighted by molar-refractivity contribution is 5.81. The molecule has 114 valence electrons. The van der Waals surface area contributed by atoms with Gasteiger partial charge in [-0.15, -0.1) is 0 Å². The van der Waals surface area contributed by atoms with Crippen LogP contribution >= 0.6 is 0 Å². The van der Waals surface area contributed by atoms with E-state index in [1.165, 1.54) is 7.11 Å². The molecule has 0 N–H and O–H groups in total. The molecule has 2 aliphatic heterocycles. The highest BCUT2D eigenvalue weighted by atomic mass is 16.5. The van der Waals surface area contributed by atoms with Gasteiger partial charge in [0.15, 0.2) is 0 Å². The van der Waals surface area contributed by atoms with Crippen LogP contribution in [0.3, 0.4) is 0 Å². The maximum absolute atomic E-state index is 12.3. The van der Waals surface area contributed by atoms with E-state index in [9.17, 15) is 9.59 Å². The third-order valence-electron chi connectivity index (χ3n) is 3.91. The minimum Gasteiger partial charge on any atom is -0.468 e. The van der Waals surface area contributed by atoms with E-state index in [2.05, 4.69) is 11.9 Å². The van der Waals surface area contributed by atoms with Gasteiger partial charge in [-0.1, -0.05) is 0 Å². The summed E-state index contributed by atoms with van der Waals surface area (Å²) in [5.74, 6) is -0.259. The molecule has 0 aromatic heterocycles. The lowest BCUT2D eigenvalue weighted by molar-refractivity contribution is -0.155. The van der Waals surface area contributed by atoms with E-state index in [0.717, 1.165) is 26.2 Å². The first-order valence-electron chi connectivity index (χ1n) is 6.97. The van der Waals surface area contributed by atoms with Crippen molar-refractivity contribution in [2.24, 2.45) is 0 Å². The summed E-state index contributed by atoms with van der Waals surface area (Å²) in [6, 6.07) is -0.467. The summed E-state index contributed by atoms with van der Waals surface area (Å²) < 4.78 is 10.1. The number of ether oxygens (including phenoxy) is 2. The molecule has 20 heavy (non-hydrogen) atoms. The number of methoxy groups -OCH3 is 1. The summed E-state index contributed by atoms with van der Waals surface area (Å²) in [6.45, 7) is 4.98. The lowest BCUT2D eigenvalue weighted by Crippen LogP contribution is -2.55. The normalized spacial score (nSPS) is 25.5. The Labute approximate surface area is 119 Å². The smallest absolute Gasteiger partial charge is 0.325 e. The second kappa shape index (κ2) is 7.01. The van der Waals surface area contributed by atoms with Gasteiger partial charge in [0.2, 0.25) is 5.91 Å². The van der Waals surface area contributed by atoms with Gasteiger partial charge in [-0.05, 0) is 7.05 Å². The number of carbonyl (C=O) groups is 2. The first-order valence-corrected chi connectivity index (χ1v) is 6.97. The van der Waals surface area contributed by atoms with E-state index in [1.807, 2.05) is 9.80 Å². The summed E-state index contributed by atoms with van der Waals surface area (Å²) in [4.78, 5) is 29.9. The van der Waals surface area contributed by atoms with Gasteiger partial charge in [-0.3, -0.25) is 14.5 Å². The molecule has 7 heteroatoms. The molecule has 1 unspecified atom stereocenters.